The van der Waals surface area contributed by atoms with Crippen molar-refractivity contribution >= 4 is 0 Å². The smallest absolute Gasteiger partial charge is 0.227 e. The summed E-state index contributed by atoms with van der Waals surface area (Å²) in [6.07, 6.45) is 3.09. The molecule has 5 heteroatoms. The van der Waals surface area contributed by atoms with E-state index >= 15 is 0 Å². The van der Waals surface area contributed by atoms with Crippen molar-refractivity contribution in [1.82, 2.24) is 10.1 Å². The third kappa shape index (κ3) is 2.00. The molecule has 2 N–H and O–H groups in total. The van der Waals surface area contributed by atoms with E-state index in [0.29, 0.717) is 24.7 Å². The van der Waals surface area contributed by atoms with E-state index in [-0.39, 0.29) is 0 Å². The fraction of sp³-hybridized carbons (Fsp3) is 0.333. The van der Waals surface area contributed by atoms with Crippen LogP contribution in [0.25, 0.3) is 0 Å². The first-order valence-corrected chi connectivity index (χ1v) is 4.42. The summed E-state index contributed by atoms with van der Waals surface area (Å²) in [7, 11) is 0. The molecule has 0 aliphatic heterocycles. The minimum absolute atomic E-state index is 0.310. The van der Waals surface area contributed by atoms with Crippen LogP contribution < -0.4 is 5.73 Å². The van der Waals surface area contributed by atoms with Gasteiger partial charge < -0.3 is 14.7 Å². The second-order valence-corrected chi connectivity index (χ2v) is 2.89. The highest BCUT2D eigenvalue weighted by atomic mass is 16.5. The molecule has 0 spiro atoms. The molecule has 2 aromatic rings. The number of aromatic nitrogens is 2. The maximum Gasteiger partial charge on any atom is 0.227 e. The summed E-state index contributed by atoms with van der Waals surface area (Å²) in [5.74, 6) is 2.05. The summed E-state index contributed by atoms with van der Waals surface area (Å²) in [6, 6.07) is 3.77. The Bertz CT molecular complexity index is 380. The quantitative estimate of drug-likeness (QED) is 0.780. The SMILES string of the molecule is NCc1noc(CCc2ccco2)n1. The van der Waals surface area contributed by atoms with Crippen molar-refractivity contribution in [3.05, 3.63) is 35.9 Å². The van der Waals surface area contributed by atoms with Gasteiger partial charge >= 0.3 is 0 Å². The lowest BCUT2D eigenvalue weighted by atomic mass is 10.2. The second-order valence-electron chi connectivity index (χ2n) is 2.89. The van der Waals surface area contributed by atoms with Crippen molar-refractivity contribution in [2.75, 3.05) is 0 Å². The van der Waals surface area contributed by atoms with E-state index in [9.17, 15) is 0 Å². The van der Waals surface area contributed by atoms with Gasteiger partial charge in [-0.3, -0.25) is 0 Å². The standard InChI is InChI=1S/C9H11N3O2/c10-6-8-11-9(14-12-8)4-3-7-2-1-5-13-7/h1-2,5H,3-4,6,10H2. The molecule has 0 saturated heterocycles. The average molecular weight is 193 g/mol. The van der Waals surface area contributed by atoms with E-state index in [1.54, 1.807) is 6.26 Å². The first-order chi connectivity index (χ1) is 6.88. The Balaban J connectivity index is 1.92. The number of nitrogens with zero attached hydrogens (tertiary/aromatic N) is 2. The molecule has 74 valence electrons. The fourth-order valence-electron chi connectivity index (χ4n) is 1.16. The highest BCUT2D eigenvalue weighted by molar-refractivity contribution is 5.00. The van der Waals surface area contributed by atoms with Crippen LogP contribution in [0, 0.1) is 0 Å². The molecule has 2 aromatic heterocycles. The van der Waals surface area contributed by atoms with Gasteiger partial charge in [0.2, 0.25) is 5.89 Å². The predicted molar refractivity (Wildman–Crippen MR) is 48.3 cm³/mol. The maximum atomic E-state index is 5.35. The normalized spacial score (nSPS) is 10.6. The molecule has 5 nitrogen and oxygen atoms in total. The topological polar surface area (TPSA) is 78.1 Å². The molecular weight excluding hydrogens is 182 g/mol. The van der Waals surface area contributed by atoms with Crippen LogP contribution in [-0.2, 0) is 19.4 Å². The Morgan fingerprint density at radius 3 is 2.93 bits per heavy atom. The fourth-order valence-corrected chi connectivity index (χ4v) is 1.16. The number of nitrogens with two attached hydrogens (primary N) is 1. The lowest BCUT2D eigenvalue weighted by Crippen LogP contribution is -1.98. The molecule has 14 heavy (non-hydrogen) atoms. The Labute approximate surface area is 80.9 Å². The van der Waals surface area contributed by atoms with Crippen LogP contribution in [0.2, 0.25) is 0 Å². The van der Waals surface area contributed by atoms with Gasteiger partial charge in [0.25, 0.3) is 0 Å². The number of hydrogen-bond acceptors (Lipinski definition) is 5. The van der Waals surface area contributed by atoms with Gasteiger partial charge in [0.05, 0.1) is 12.8 Å². The van der Waals surface area contributed by atoms with Gasteiger partial charge in [-0.05, 0) is 12.1 Å². The molecule has 0 saturated carbocycles. The average Bonchev–Trinajstić information content (AvgIpc) is 2.86. The zero-order valence-electron chi connectivity index (χ0n) is 7.64. The summed E-state index contributed by atoms with van der Waals surface area (Å²) in [5, 5.41) is 3.69. The first kappa shape index (κ1) is 8.96. The molecule has 0 amide bonds. The zero-order valence-corrected chi connectivity index (χ0v) is 7.64. The van der Waals surface area contributed by atoms with Gasteiger partial charge in [-0.2, -0.15) is 4.98 Å². The molecule has 0 aromatic carbocycles. The number of hydrogen-bond donors (Lipinski definition) is 1. The van der Waals surface area contributed by atoms with E-state index in [1.165, 1.54) is 0 Å². The van der Waals surface area contributed by atoms with Gasteiger partial charge in [0, 0.05) is 12.8 Å². The monoisotopic (exact) mass is 193 g/mol. The highest BCUT2D eigenvalue weighted by Gasteiger charge is 2.05. The summed E-state index contributed by atoms with van der Waals surface area (Å²) >= 11 is 0. The Morgan fingerprint density at radius 2 is 2.29 bits per heavy atom. The molecule has 2 heterocycles. The van der Waals surface area contributed by atoms with Crippen molar-refractivity contribution in [1.29, 1.82) is 0 Å². The minimum atomic E-state index is 0.310. The highest BCUT2D eigenvalue weighted by Crippen LogP contribution is 2.06. The van der Waals surface area contributed by atoms with Crippen molar-refractivity contribution in [3.8, 4) is 0 Å². The van der Waals surface area contributed by atoms with E-state index in [0.717, 1.165) is 12.2 Å². The van der Waals surface area contributed by atoms with Crippen molar-refractivity contribution in [2.24, 2.45) is 5.73 Å². The van der Waals surface area contributed by atoms with Crippen LogP contribution in [0.1, 0.15) is 17.5 Å². The third-order valence-corrected chi connectivity index (χ3v) is 1.86. The Hall–Kier alpha value is -1.62. The summed E-state index contributed by atoms with van der Waals surface area (Å²) in [4.78, 5) is 4.08. The third-order valence-electron chi connectivity index (χ3n) is 1.86. The van der Waals surface area contributed by atoms with E-state index in [4.69, 9.17) is 14.7 Å². The van der Waals surface area contributed by atoms with Gasteiger partial charge in [-0.25, -0.2) is 0 Å². The Morgan fingerprint density at radius 1 is 1.36 bits per heavy atom. The first-order valence-electron chi connectivity index (χ1n) is 4.42. The maximum absolute atomic E-state index is 5.35. The molecule has 0 aliphatic carbocycles. The zero-order chi connectivity index (χ0) is 9.80. The van der Waals surface area contributed by atoms with Gasteiger partial charge in [-0.15, -0.1) is 0 Å². The molecule has 0 aliphatic rings. The van der Waals surface area contributed by atoms with Crippen LogP contribution >= 0.6 is 0 Å². The largest absolute Gasteiger partial charge is 0.469 e. The molecule has 0 atom stereocenters. The molecule has 0 fully saturated rings. The number of furan rings is 1. The van der Waals surface area contributed by atoms with Crippen molar-refractivity contribution in [2.45, 2.75) is 19.4 Å². The summed E-state index contributed by atoms with van der Waals surface area (Å²) in [6.45, 7) is 0.310. The summed E-state index contributed by atoms with van der Waals surface area (Å²) in [5.41, 5.74) is 5.35. The van der Waals surface area contributed by atoms with E-state index in [2.05, 4.69) is 10.1 Å². The van der Waals surface area contributed by atoms with Gasteiger partial charge in [0.1, 0.15) is 5.76 Å². The van der Waals surface area contributed by atoms with Crippen LogP contribution in [0.4, 0.5) is 0 Å². The molecule has 0 radical (unpaired) electrons. The lowest BCUT2D eigenvalue weighted by molar-refractivity contribution is 0.369. The van der Waals surface area contributed by atoms with Crippen LogP contribution in [0.15, 0.2) is 27.3 Å². The number of rotatable bonds is 4. The number of aryl methyl sites for hydroxylation is 2. The molecule has 2 rings (SSSR count). The molecular formula is C9H11N3O2. The second kappa shape index (κ2) is 4.06. The van der Waals surface area contributed by atoms with Crippen LogP contribution in [-0.4, -0.2) is 10.1 Å². The van der Waals surface area contributed by atoms with Crippen LogP contribution in [0.5, 0.6) is 0 Å². The van der Waals surface area contributed by atoms with Crippen molar-refractivity contribution in [3.63, 3.8) is 0 Å². The van der Waals surface area contributed by atoms with E-state index < -0.39 is 0 Å². The van der Waals surface area contributed by atoms with E-state index in [1.807, 2.05) is 12.1 Å². The predicted octanol–water partition coefficient (Wildman–Crippen LogP) is 0.906. The molecule has 0 bridgehead atoms. The van der Waals surface area contributed by atoms with Gasteiger partial charge in [0.15, 0.2) is 5.82 Å². The lowest BCUT2D eigenvalue weighted by Gasteiger charge is -1.90. The Kier molecular flexibility index (Phi) is 2.60. The molecule has 0 unspecified atom stereocenters. The van der Waals surface area contributed by atoms with Crippen LogP contribution in [0.3, 0.4) is 0 Å². The minimum Gasteiger partial charge on any atom is -0.469 e. The van der Waals surface area contributed by atoms with Crippen molar-refractivity contribution < 1.29 is 8.94 Å². The van der Waals surface area contributed by atoms with Gasteiger partial charge in [-0.1, -0.05) is 5.16 Å². The summed E-state index contributed by atoms with van der Waals surface area (Å²) < 4.78 is 10.1.